The molecular weight excluding hydrogens is 662 g/mol. The third-order valence-corrected chi connectivity index (χ3v) is 7.97. The lowest BCUT2D eigenvalue weighted by Gasteiger charge is -2.15. The van der Waals surface area contributed by atoms with Gasteiger partial charge in [0, 0.05) is 18.5 Å². The summed E-state index contributed by atoms with van der Waals surface area (Å²) in [6.07, 6.45) is -8.94. The van der Waals surface area contributed by atoms with Crippen molar-refractivity contribution >= 4 is 57.8 Å². The highest BCUT2D eigenvalue weighted by Gasteiger charge is 2.37. The van der Waals surface area contributed by atoms with Crippen LogP contribution in [-0.2, 0) is 21.9 Å². The summed E-state index contributed by atoms with van der Waals surface area (Å²) in [5, 5.41) is 11.7. The lowest BCUT2D eigenvalue weighted by atomic mass is 9.97. The van der Waals surface area contributed by atoms with Crippen LogP contribution in [0.2, 0.25) is 0 Å². The molecule has 1 fully saturated rings. The van der Waals surface area contributed by atoms with Crippen molar-refractivity contribution < 1.29 is 55.3 Å². The van der Waals surface area contributed by atoms with Crippen LogP contribution in [0, 0.1) is 0 Å². The predicted octanol–water partition coefficient (Wildman–Crippen LogP) is 7.34. The van der Waals surface area contributed by atoms with Crippen LogP contribution in [-0.4, -0.2) is 52.9 Å². The van der Waals surface area contributed by atoms with Gasteiger partial charge in [0.15, 0.2) is 0 Å². The van der Waals surface area contributed by atoms with Gasteiger partial charge in [0.1, 0.15) is 15.8 Å². The molecule has 1 saturated heterocycles. The molecule has 0 spiro atoms. The molecule has 4 rings (SSSR count). The minimum absolute atomic E-state index is 0.00242. The highest BCUT2D eigenvalue weighted by Crippen LogP contribution is 2.40. The molecule has 1 heterocycles. The van der Waals surface area contributed by atoms with Gasteiger partial charge in [0.05, 0.1) is 41.5 Å². The van der Waals surface area contributed by atoms with Crippen LogP contribution < -0.4 is 14.8 Å². The van der Waals surface area contributed by atoms with Crippen LogP contribution in [0.5, 0.6) is 11.5 Å². The van der Waals surface area contributed by atoms with Gasteiger partial charge in [-0.05, 0) is 65.7 Å². The average molecular weight is 685 g/mol. The van der Waals surface area contributed by atoms with E-state index in [-0.39, 0.29) is 67.7 Å². The van der Waals surface area contributed by atoms with Crippen LogP contribution in [0.15, 0.2) is 59.5 Å². The molecule has 0 atom stereocenters. The number of carboxylic acids is 1. The Bertz CT molecular complexity index is 1720. The second-order valence-electron chi connectivity index (χ2n) is 9.60. The Morgan fingerprint density at radius 2 is 1.54 bits per heavy atom. The number of rotatable bonds is 9. The number of thiocarbonyl (C=S) groups is 1. The van der Waals surface area contributed by atoms with Crippen molar-refractivity contribution in [3.8, 4) is 22.6 Å². The Morgan fingerprint density at radius 3 is 2.11 bits per heavy atom. The molecule has 3 aromatic carbocycles. The number of aromatic carboxylic acids is 1. The summed E-state index contributed by atoms with van der Waals surface area (Å²) in [5.74, 6) is -2.02. The normalized spacial score (nSPS) is 14.5. The van der Waals surface area contributed by atoms with Crippen molar-refractivity contribution in [1.82, 2.24) is 4.90 Å². The maximum absolute atomic E-state index is 13.4. The van der Waals surface area contributed by atoms with E-state index in [4.69, 9.17) is 26.8 Å². The van der Waals surface area contributed by atoms with Gasteiger partial charge in [-0.1, -0.05) is 30.0 Å². The topological polar surface area (TPSA) is 105 Å². The minimum atomic E-state index is -5.03. The van der Waals surface area contributed by atoms with Gasteiger partial charge in [-0.25, -0.2) is 4.79 Å². The number of carbonyl (C=O) groups excluding carboxylic acids is 2. The van der Waals surface area contributed by atoms with Crippen molar-refractivity contribution in [1.29, 1.82) is 0 Å². The SMILES string of the molecule is COc1ccc(-c2cc(C(F)(F)F)cc(C(F)(F)F)c2)cc1C=C1SC(=S)N(CCC(=O)Nc2ccc(C(=O)O)cc2OC)C1=O. The molecule has 0 bridgehead atoms. The molecule has 3 aromatic rings. The third kappa shape index (κ3) is 7.80. The predicted molar refractivity (Wildman–Crippen MR) is 162 cm³/mol. The largest absolute Gasteiger partial charge is 0.496 e. The number of benzene rings is 3. The van der Waals surface area contributed by atoms with Crippen LogP contribution in [0.1, 0.15) is 33.5 Å². The molecular formula is C30H22F6N2O6S2. The summed E-state index contributed by atoms with van der Waals surface area (Å²) in [4.78, 5) is 38.3. The molecule has 16 heteroatoms. The summed E-state index contributed by atoms with van der Waals surface area (Å²) in [5.41, 5.74) is -2.97. The molecule has 8 nitrogen and oxygen atoms in total. The fraction of sp³-hybridized carbons (Fsp3) is 0.200. The van der Waals surface area contributed by atoms with E-state index in [1.807, 2.05) is 0 Å². The molecule has 0 unspecified atom stereocenters. The molecule has 242 valence electrons. The molecule has 2 N–H and O–H groups in total. The van der Waals surface area contributed by atoms with Crippen molar-refractivity contribution in [2.24, 2.45) is 0 Å². The standard InChI is InChI=1S/C30H22F6N2O6S2/c1-43-22-6-4-15(17-10-19(29(31,32)33)14-20(11-17)30(34,35)36)9-18(22)13-24-26(40)38(28(45)46-24)8-7-25(39)37-21-5-3-16(27(41)42)12-23(21)44-2/h3-6,9-14H,7-8H2,1-2H3,(H,37,39)(H,41,42). The molecule has 2 amide bonds. The molecule has 0 radical (unpaired) electrons. The maximum Gasteiger partial charge on any atom is 0.416 e. The van der Waals surface area contributed by atoms with Gasteiger partial charge >= 0.3 is 18.3 Å². The van der Waals surface area contributed by atoms with E-state index >= 15 is 0 Å². The van der Waals surface area contributed by atoms with Crippen molar-refractivity contribution in [3.63, 3.8) is 0 Å². The fourth-order valence-electron chi connectivity index (χ4n) is 4.34. The molecule has 0 aromatic heterocycles. The van der Waals surface area contributed by atoms with Crippen LogP contribution >= 0.6 is 24.0 Å². The van der Waals surface area contributed by atoms with Gasteiger partial charge < -0.3 is 19.9 Å². The number of hydrogen-bond acceptors (Lipinski definition) is 7. The second kappa shape index (κ2) is 13.4. The summed E-state index contributed by atoms with van der Waals surface area (Å²) in [6, 6.07) is 9.02. The lowest BCUT2D eigenvalue weighted by Crippen LogP contribution is -2.31. The van der Waals surface area contributed by atoms with Gasteiger partial charge in [0.2, 0.25) is 5.91 Å². The Hall–Kier alpha value is -4.57. The number of ether oxygens (including phenoxy) is 2. The Kier molecular flexibility index (Phi) is 10.0. The van der Waals surface area contributed by atoms with Gasteiger partial charge in [-0.3, -0.25) is 14.5 Å². The fourth-order valence-corrected chi connectivity index (χ4v) is 5.64. The number of alkyl halides is 6. The average Bonchev–Trinajstić information content (AvgIpc) is 3.26. The van der Waals surface area contributed by atoms with E-state index in [0.29, 0.717) is 12.1 Å². The van der Waals surface area contributed by atoms with Crippen LogP contribution in [0.4, 0.5) is 32.0 Å². The highest BCUT2D eigenvalue weighted by atomic mass is 32.2. The number of nitrogens with one attached hydrogen (secondary N) is 1. The molecule has 1 aliphatic heterocycles. The first-order valence-electron chi connectivity index (χ1n) is 13.0. The van der Waals surface area contributed by atoms with Crippen molar-refractivity contribution in [2.75, 3.05) is 26.1 Å². The van der Waals surface area contributed by atoms with E-state index in [2.05, 4.69) is 5.32 Å². The number of anilines is 1. The highest BCUT2D eigenvalue weighted by molar-refractivity contribution is 8.26. The monoisotopic (exact) mass is 684 g/mol. The summed E-state index contributed by atoms with van der Waals surface area (Å²) in [6.45, 7) is -0.134. The maximum atomic E-state index is 13.4. The number of amides is 2. The zero-order chi connectivity index (χ0) is 34.0. The second-order valence-corrected chi connectivity index (χ2v) is 11.3. The first kappa shape index (κ1) is 34.3. The van der Waals surface area contributed by atoms with Crippen molar-refractivity contribution in [2.45, 2.75) is 18.8 Å². The Morgan fingerprint density at radius 1 is 0.913 bits per heavy atom. The van der Waals surface area contributed by atoms with Crippen LogP contribution in [0.3, 0.4) is 0 Å². The molecule has 0 saturated carbocycles. The Labute approximate surface area is 267 Å². The number of thioether (sulfide) groups is 1. The van der Waals surface area contributed by atoms with Gasteiger partial charge in [-0.15, -0.1) is 0 Å². The number of carboxylic acid groups (broad SMARTS) is 1. The zero-order valence-electron chi connectivity index (χ0n) is 23.7. The van der Waals surface area contributed by atoms with Gasteiger partial charge in [-0.2, -0.15) is 26.3 Å². The van der Waals surface area contributed by atoms with E-state index < -0.39 is 41.3 Å². The number of carbonyl (C=O) groups is 3. The summed E-state index contributed by atoms with van der Waals surface area (Å²) < 4.78 is 91.1. The minimum Gasteiger partial charge on any atom is -0.496 e. The number of nitrogens with zero attached hydrogens (tertiary/aromatic N) is 1. The zero-order valence-corrected chi connectivity index (χ0v) is 25.3. The van der Waals surface area contributed by atoms with Crippen molar-refractivity contribution in [3.05, 3.63) is 81.8 Å². The molecule has 46 heavy (non-hydrogen) atoms. The quantitative estimate of drug-likeness (QED) is 0.137. The number of hydrogen-bond donors (Lipinski definition) is 2. The first-order valence-corrected chi connectivity index (χ1v) is 14.2. The van der Waals surface area contributed by atoms with E-state index in [1.165, 1.54) is 56.7 Å². The number of halogens is 6. The van der Waals surface area contributed by atoms with E-state index in [9.17, 15) is 40.7 Å². The third-order valence-electron chi connectivity index (χ3n) is 6.60. The van der Waals surface area contributed by atoms with E-state index in [0.717, 1.165) is 16.7 Å². The first-order chi connectivity index (χ1) is 21.5. The van der Waals surface area contributed by atoms with Gasteiger partial charge in [0.25, 0.3) is 5.91 Å². The van der Waals surface area contributed by atoms with Crippen LogP contribution in [0.25, 0.3) is 17.2 Å². The molecule has 1 aliphatic rings. The lowest BCUT2D eigenvalue weighted by molar-refractivity contribution is -0.143. The van der Waals surface area contributed by atoms with E-state index in [1.54, 1.807) is 0 Å². The Balaban J connectivity index is 1.56. The summed E-state index contributed by atoms with van der Waals surface area (Å²) >= 11 is 6.19. The number of methoxy groups -OCH3 is 2. The summed E-state index contributed by atoms with van der Waals surface area (Å²) in [7, 11) is 2.60. The molecule has 0 aliphatic carbocycles. The smallest absolute Gasteiger partial charge is 0.416 e.